The molecule has 2 N–H and O–H groups in total. The average molecular weight is 319 g/mol. The molecule has 130 valence electrons. The highest BCUT2D eigenvalue weighted by Crippen LogP contribution is 2.66. The molecule has 0 unspecified atom stereocenters. The van der Waals surface area contributed by atoms with Crippen LogP contribution in [0.1, 0.15) is 72.1 Å². The second-order valence-corrected chi connectivity index (χ2v) is 9.62. The van der Waals surface area contributed by atoms with Crippen molar-refractivity contribution in [3.05, 3.63) is 11.6 Å². The molecule has 0 bridgehead atoms. The second kappa shape index (κ2) is 5.33. The lowest BCUT2D eigenvalue weighted by molar-refractivity contribution is -0.0675. The van der Waals surface area contributed by atoms with Gasteiger partial charge in [0.2, 0.25) is 0 Å². The summed E-state index contributed by atoms with van der Waals surface area (Å²) in [5.74, 6) is 2.91. The monoisotopic (exact) mass is 318 g/mol. The van der Waals surface area contributed by atoms with Crippen molar-refractivity contribution in [3.63, 3.8) is 0 Å². The van der Waals surface area contributed by atoms with E-state index in [1.807, 2.05) is 6.92 Å². The van der Waals surface area contributed by atoms with Crippen LogP contribution in [0.5, 0.6) is 0 Å². The predicted molar refractivity (Wildman–Crippen MR) is 92.9 cm³/mol. The summed E-state index contributed by atoms with van der Waals surface area (Å²) in [6.45, 7) is 6.98. The minimum absolute atomic E-state index is 0.106. The van der Waals surface area contributed by atoms with E-state index >= 15 is 0 Å². The Kier molecular flexibility index (Phi) is 3.74. The van der Waals surface area contributed by atoms with Gasteiger partial charge in [0.1, 0.15) is 0 Å². The maximum atomic E-state index is 10.3. The molecule has 2 nitrogen and oxygen atoms in total. The Morgan fingerprint density at radius 1 is 1.09 bits per heavy atom. The minimum Gasteiger partial charge on any atom is -0.393 e. The van der Waals surface area contributed by atoms with E-state index in [1.165, 1.54) is 38.5 Å². The maximum absolute atomic E-state index is 10.3. The molecule has 3 fully saturated rings. The van der Waals surface area contributed by atoms with Crippen LogP contribution in [0.2, 0.25) is 0 Å². The lowest BCUT2D eigenvalue weighted by Crippen LogP contribution is -2.51. The van der Waals surface area contributed by atoms with E-state index in [0.29, 0.717) is 16.7 Å². The summed E-state index contributed by atoms with van der Waals surface area (Å²) in [4.78, 5) is 0. The average Bonchev–Trinajstić information content (AvgIpc) is 2.85. The molecular weight excluding hydrogens is 284 g/mol. The molecule has 0 aliphatic heterocycles. The van der Waals surface area contributed by atoms with Crippen LogP contribution in [0.15, 0.2) is 11.6 Å². The zero-order valence-electron chi connectivity index (χ0n) is 15.1. The van der Waals surface area contributed by atoms with E-state index in [0.717, 1.165) is 30.6 Å². The van der Waals surface area contributed by atoms with Crippen LogP contribution in [0, 0.1) is 34.5 Å². The molecule has 4 rings (SSSR count). The summed E-state index contributed by atoms with van der Waals surface area (Å²) in [7, 11) is 0. The van der Waals surface area contributed by atoms with Crippen LogP contribution in [-0.4, -0.2) is 22.4 Å². The van der Waals surface area contributed by atoms with E-state index in [2.05, 4.69) is 19.9 Å². The van der Waals surface area contributed by atoms with Crippen molar-refractivity contribution in [2.24, 2.45) is 34.5 Å². The lowest BCUT2D eigenvalue weighted by Gasteiger charge is -2.58. The van der Waals surface area contributed by atoms with Crippen molar-refractivity contribution >= 4 is 0 Å². The Morgan fingerprint density at radius 2 is 1.87 bits per heavy atom. The summed E-state index contributed by atoms with van der Waals surface area (Å²) in [6.07, 6.45) is 11.7. The predicted octanol–water partition coefficient (Wildman–Crippen LogP) is 4.31. The molecule has 0 aromatic carbocycles. The quantitative estimate of drug-likeness (QED) is 0.707. The van der Waals surface area contributed by atoms with Crippen LogP contribution in [0.25, 0.3) is 0 Å². The van der Waals surface area contributed by atoms with Crippen LogP contribution >= 0.6 is 0 Å². The van der Waals surface area contributed by atoms with Crippen molar-refractivity contribution in [1.29, 1.82) is 0 Å². The smallest absolute Gasteiger partial charge is 0.0577 e. The van der Waals surface area contributed by atoms with Gasteiger partial charge in [-0.2, -0.15) is 0 Å². The lowest BCUT2D eigenvalue weighted by atomic mass is 9.47. The molecule has 0 amide bonds. The summed E-state index contributed by atoms with van der Waals surface area (Å²) in [6, 6.07) is 0. The number of rotatable bonds is 1. The molecule has 3 saturated carbocycles. The van der Waals surface area contributed by atoms with Crippen LogP contribution in [0.4, 0.5) is 0 Å². The third-order valence-corrected chi connectivity index (χ3v) is 8.73. The van der Waals surface area contributed by atoms with Gasteiger partial charge in [-0.1, -0.05) is 25.5 Å². The van der Waals surface area contributed by atoms with Gasteiger partial charge >= 0.3 is 0 Å². The summed E-state index contributed by atoms with van der Waals surface area (Å²) in [5.41, 5.74) is 2.25. The van der Waals surface area contributed by atoms with Gasteiger partial charge in [-0.3, -0.25) is 0 Å². The topological polar surface area (TPSA) is 40.5 Å². The molecule has 0 spiro atoms. The first-order valence-corrected chi connectivity index (χ1v) is 9.92. The number of hydrogen-bond acceptors (Lipinski definition) is 2. The Bertz CT molecular complexity index is 510. The molecule has 0 radical (unpaired) electrons. The fourth-order valence-corrected chi connectivity index (χ4v) is 7.47. The normalized spacial score (nSPS) is 53.8. The third-order valence-electron chi connectivity index (χ3n) is 8.73. The van der Waals surface area contributed by atoms with E-state index < -0.39 is 0 Å². The van der Waals surface area contributed by atoms with E-state index in [9.17, 15) is 10.2 Å². The largest absolute Gasteiger partial charge is 0.393 e. The molecule has 4 aliphatic rings. The van der Waals surface area contributed by atoms with Crippen LogP contribution in [-0.2, 0) is 0 Å². The Balaban J connectivity index is 1.65. The van der Waals surface area contributed by atoms with Gasteiger partial charge < -0.3 is 10.2 Å². The number of hydrogen-bond donors (Lipinski definition) is 2. The van der Waals surface area contributed by atoms with E-state index in [4.69, 9.17) is 0 Å². The zero-order valence-corrected chi connectivity index (χ0v) is 15.1. The molecule has 0 aromatic heterocycles. The van der Waals surface area contributed by atoms with Crippen molar-refractivity contribution < 1.29 is 10.2 Å². The highest BCUT2D eigenvalue weighted by Gasteiger charge is 2.59. The molecule has 0 saturated heterocycles. The Labute approximate surface area is 141 Å². The fraction of sp³-hybridized carbons (Fsp3) is 0.905. The van der Waals surface area contributed by atoms with Crippen molar-refractivity contribution in [3.8, 4) is 0 Å². The number of allylic oxidation sites excluding steroid dienone is 1. The fourth-order valence-electron chi connectivity index (χ4n) is 7.47. The Hall–Kier alpha value is -0.340. The standard InChI is InChI=1S/C21H34O2/c1-13(22)17-6-7-18-16-5-4-14-12-15(23)8-10-20(14,2)19(16)9-11-21(17,18)3/h4,13,15-19,22-23H,5-12H2,1-3H3/t13-,15-,16+,17-,18+,19+,20-,21+/m0/s1. The molecule has 23 heavy (non-hydrogen) atoms. The maximum Gasteiger partial charge on any atom is 0.0577 e. The van der Waals surface area contributed by atoms with Gasteiger partial charge in [0.15, 0.2) is 0 Å². The van der Waals surface area contributed by atoms with Crippen LogP contribution < -0.4 is 0 Å². The van der Waals surface area contributed by atoms with Gasteiger partial charge in [0.05, 0.1) is 12.2 Å². The molecular formula is C21H34O2. The highest BCUT2D eigenvalue weighted by molar-refractivity contribution is 5.25. The number of fused-ring (bicyclic) bond motifs is 5. The first kappa shape index (κ1) is 16.1. The second-order valence-electron chi connectivity index (χ2n) is 9.62. The van der Waals surface area contributed by atoms with Gasteiger partial charge in [0, 0.05) is 0 Å². The highest BCUT2D eigenvalue weighted by atomic mass is 16.3. The van der Waals surface area contributed by atoms with Gasteiger partial charge in [0.25, 0.3) is 0 Å². The van der Waals surface area contributed by atoms with Gasteiger partial charge in [-0.15, -0.1) is 0 Å². The summed E-state index contributed by atoms with van der Waals surface area (Å²) >= 11 is 0. The molecule has 2 heteroatoms. The van der Waals surface area contributed by atoms with E-state index in [1.54, 1.807) is 5.57 Å². The van der Waals surface area contributed by atoms with Crippen molar-refractivity contribution in [2.75, 3.05) is 0 Å². The van der Waals surface area contributed by atoms with Crippen molar-refractivity contribution in [1.82, 2.24) is 0 Å². The van der Waals surface area contributed by atoms with Crippen molar-refractivity contribution in [2.45, 2.75) is 84.3 Å². The molecule has 4 aliphatic carbocycles. The third kappa shape index (κ3) is 2.20. The summed E-state index contributed by atoms with van der Waals surface area (Å²) in [5, 5.41) is 20.4. The Morgan fingerprint density at radius 3 is 2.61 bits per heavy atom. The zero-order chi connectivity index (χ0) is 16.4. The first-order valence-electron chi connectivity index (χ1n) is 9.92. The number of aliphatic hydroxyl groups is 2. The first-order chi connectivity index (χ1) is 10.9. The molecule has 0 aromatic rings. The summed E-state index contributed by atoms with van der Waals surface area (Å²) < 4.78 is 0. The van der Waals surface area contributed by atoms with Crippen LogP contribution in [0.3, 0.4) is 0 Å². The SMILES string of the molecule is C[C@H](O)[C@@H]1CC[C@@H]2[C@H]3CC=C4C[C@@H](O)CC[C@]4(C)[C@@H]3CC[C@@]21C. The molecule has 0 heterocycles. The molecule has 8 atom stereocenters. The number of aliphatic hydroxyl groups excluding tert-OH is 2. The van der Waals surface area contributed by atoms with E-state index in [-0.39, 0.29) is 12.2 Å². The van der Waals surface area contributed by atoms with Gasteiger partial charge in [-0.25, -0.2) is 0 Å². The van der Waals surface area contributed by atoms with Gasteiger partial charge in [-0.05, 0) is 92.8 Å². The minimum atomic E-state index is -0.156.